The van der Waals surface area contributed by atoms with Crippen LogP contribution in [-0.2, 0) is 6.54 Å². The number of nitrogens with zero attached hydrogens (tertiary/aromatic N) is 2. The number of carbonyl (C=O) groups excluding carboxylic acids is 1. The topological polar surface area (TPSA) is 54.3 Å². The van der Waals surface area contributed by atoms with E-state index in [-0.39, 0.29) is 23.6 Å². The monoisotopic (exact) mass is 385 g/mol. The van der Waals surface area contributed by atoms with Gasteiger partial charge < -0.3 is 14.8 Å². The highest BCUT2D eigenvalue weighted by atomic mass is 35.5. The molecule has 0 spiro atoms. The molecule has 2 bridgehead atoms. The maximum absolute atomic E-state index is 12.5. The molecular formula is C21H24ClN3O2. The van der Waals surface area contributed by atoms with Crippen LogP contribution in [0.1, 0.15) is 31.9 Å². The van der Waals surface area contributed by atoms with Gasteiger partial charge in [-0.05, 0) is 49.9 Å². The fourth-order valence-corrected chi connectivity index (χ4v) is 4.52. The van der Waals surface area contributed by atoms with Gasteiger partial charge in [0.05, 0.1) is 0 Å². The van der Waals surface area contributed by atoms with E-state index in [0.717, 1.165) is 23.2 Å². The van der Waals surface area contributed by atoms with Crippen LogP contribution in [0.25, 0.3) is 11.1 Å². The Labute approximate surface area is 163 Å². The Balaban J connectivity index is 1.73. The number of halogens is 1. The van der Waals surface area contributed by atoms with Crippen molar-refractivity contribution in [3.63, 3.8) is 0 Å². The van der Waals surface area contributed by atoms with Gasteiger partial charge in [0.2, 0.25) is 0 Å². The Hall–Kier alpha value is -2.27. The van der Waals surface area contributed by atoms with Crippen molar-refractivity contribution in [1.29, 1.82) is 0 Å². The average Bonchev–Trinajstić information content (AvgIpc) is 2.63. The zero-order valence-electron chi connectivity index (χ0n) is 15.6. The summed E-state index contributed by atoms with van der Waals surface area (Å²) in [5, 5.41) is 3.68. The molecule has 2 aliphatic rings. The van der Waals surface area contributed by atoms with Gasteiger partial charge in [0.1, 0.15) is 0 Å². The molecule has 27 heavy (non-hydrogen) atoms. The summed E-state index contributed by atoms with van der Waals surface area (Å²) >= 11 is 6.04. The van der Waals surface area contributed by atoms with Crippen molar-refractivity contribution >= 4 is 17.6 Å². The van der Waals surface area contributed by atoms with Gasteiger partial charge in [0.15, 0.2) is 0 Å². The van der Waals surface area contributed by atoms with Gasteiger partial charge in [-0.25, -0.2) is 4.79 Å². The molecule has 3 heterocycles. The molecule has 2 aliphatic heterocycles. The van der Waals surface area contributed by atoms with Crippen LogP contribution in [0, 0.1) is 5.92 Å². The van der Waals surface area contributed by atoms with Crippen LogP contribution >= 0.6 is 11.6 Å². The second-order valence-corrected chi connectivity index (χ2v) is 8.33. The van der Waals surface area contributed by atoms with E-state index in [0.29, 0.717) is 30.6 Å². The molecule has 1 saturated heterocycles. The number of hydrogen-bond donors (Lipinski definition) is 1. The number of pyridine rings is 1. The molecule has 6 heteroatoms. The number of carbonyl (C=O) groups is 1. The number of rotatable bonds is 2. The summed E-state index contributed by atoms with van der Waals surface area (Å²) in [5.74, 6) is 0.474. The Morgan fingerprint density at radius 2 is 1.85 bits per heavy atom. The van der Waals surface area contributed by atoms with Crippen molar-refractivity contribution in [3.05, 3.63) is 57.5 Å². The summed E-state index contributed by atoms with van der Waals surface area (Å²) in [6.45, 7) is 5.94. The summed E-state index contributed by atoms with van der Waals surface area (Å²) in [6, 6.07) is 11.4. The first-order valence-electron chi connectivity index (χ1n) is 9.47. The largest absolute Gasteiger partial charge is 0.336 e. The molecule has 2 atom stereocenters. The number of amides is 2. The standard InChI is InChI=1S/C21H24ClN3O2/c1-13(2)23-21(27)24-10-14-9-16(12-24)20-18(7-8-19(26)25(20)11-14)15-3-5-17(22)6-4-15/h3-8,13-14,16H,9-12H2,1-2H3,(H,23,27)/t14-,16+/m0/s1. The molecule has 1 aromatic heterocycles. The number of hydrogen-bond acceptors (Lipinski definition) is 2. The van der Waals surface area contributed by atoms with E-state index in [4.69, 9.17) is 11.6 Å². The zero-order chi connectivity index (χ0) is 19.1. The molecule has 5 nitrogen and oxygen atoms in total. The molecule has 1 fully saturated rings. The van der Waals surface area contributed by atoms with E-state index >= 15 is 0 Å². The normalized spacial score (nSPS) is 21.1. The first-order valence-corrected chi connectivity index (χ1v) is 9.85. The van der Waals surface area contributed by atoms with Crippen LogP contribution < -0.4 is 10.9 Å². The molecular weight excluding hydrogens is 362 g/mol. The van der Waals surface area contributed by atoms with E-state index in [2.05, 4.69) is 5.32 Å². The number of urea groups is 1. The van der Waals surface area contributed by atoms with Gasteiger partial charge in [0.25, 0.3) is 5.56 Å². The molecule has 0 unspecified atom stereocenters. The second kappa shape index (κ2) is 7.04. The van der Waals surface area contributed by atoms with Gasteiger partial charge in [-0.1, -0.05) is 23.7 Å². The van der Waals surface area contributed by atoms with Gasteiger partial charge in [-0.15, -0.1) is 0 Å². The molecule has 4 rings (SSSR count). The quantitative estimate of drug-likeness (QED) is 0.856. The molecule has 0 radical (unpaired) electrons. The Kier molecular flexibility index (Phi) is 4.72. The lowest BCUT2D eigenvalue weighted by Crippen LogP contribution is -2.53. The minimum absolute atomic E-state index is 0.0144. The predicted octanol–water partition coefficient (Wildman–Crippen LogP) is 3.71. The Morgan fingerprint density at radius 1 is 1.11 bits per heavy atom. The first kappa shape index (κ1) is 18.1. The van der Waals surface area contributed by atoms with Gasteiger partial charge in [0, 0.05) is 53.9 Å². The highest BCUT2D eigenvalue weighted by molar-refractivity contribution is 6.30. The van der Waals surface area contributed by atoms with Crippen LogP contribution in [0.5, 0.6) is 0 Å². The SMILES string of the molecule is CC(C)NC(=O)N1C[C@@H]2C[C@H](C1)c1c(-c3ccc(Cl)cc3)ccc(=O)n1C2. The number of nitrogens with one attached hydrogen (secondary N) is 1. The first-order chi connectivity index (χ1) is 12.9. The van der Waals surface area contributed by atoms with Crippen molar-refractivity contribution < 1.29 is 4.79 Å². The summed E-state index contributed by atoms with van der Waals surface area (Å²) < 4.78 is 1.92. The van der Waals surface area contributed by atoms with Crippen molar-refractivity contribution in [2.75, 3.05) is 13.1 Å². The van der Waals surface area contributed by atoms with Gasteiger partial charge >= 0.3 is 6.03 Å². The lowest BCUT2D eigenvalue weighted by atomic mass is 9.80. The molecule has 0 aliphatic carbocycles. The number of aromatic nitrogens is 1. The third-order valence-corrected chi connectivity index (χ3v) is 5.70. The Morgan fingerprint density at radius 3 is 2.56 bits per heavy atom. The molecule has 0 saturated carbocycles. The van der Waals surface area contributed by atoms with E-state index in [1.807, 2.05) is 53.6 Å². The second-order valence-electron chi connectivity index (χ2n) is 7.90. The molecule has 2 aromatic rings. The van der Waals surface area contributed by atoms with Crippen molar-refractivity contribution in [1.82, 2.24) is 14.8 Å². The average molecular weight is 386 g/mol. The lowest BCUT2D eigenvalue weighted by Gasteiger charge is -2.43. The maximum Gasteiger partial charge on any atom is 0.317 e. The van der Waals surface area contributed by atoms with Crippen molar-refractivity contribution in [2.45, 2.75) is 38.8 Å². The fourth-order valence-electron chi connectivity index (χ4n) is 4.39. The van der Waals surface area contributed by atoms with Gasteiger partial charge in [-0.2, -0.15) is 0 Å². The predicted molar refractivity (Wildman–Crippen MR) is 107 cm³/mol. The van der Waals surface area contributed by atoms with Crippen LogP contribution in [0.2, 0.25) is 5.02 Å². The zero-order valence-corrected chi connectivity index (χ0v) is 16.4. The fraction of sp³-hybridized carbons (Fsp3) is 0.429. The number of benzene rings is 1. The molecule has 1 aromatic carbocycles. The van der Waals surface area contributed by atoms with Gasteiger partial charge in [-0.3, -0.25) is 4.79 Å². The van der Waals surface area contributed by atoms with E-state index < -0.39 is 0 Å². The smallest absolute Gasteiger partial charge is 0.317 e. The van der Waals surface area contributed by atoms with E-state index in [9.17, 15) is 9.59 Å². The number of piperidine rings is 1. The minimum Gasteiger partial charge on any atom is -0.336 e. The lowest BCUT2D eigenvalue weighted by molar-refractivity contribution is 0.130. The minimum atomic E-state index is -0.0144. The Bertz CT molecular complexity index is 920. The maximum atomic E-state index is 12.5. The molecule has 142 valence electrons. The van der Waals surface area contributed by atoms with Crippen LogP contribution in [0.15, 0.2) is 41.2 Å². The highest BCUT2D eigenvalue weighted by Gasteiger charge is 2.37. The van der Waals surface area contributed by atoms with Crippen LogP contribution in [0.3, 0.4) is 0 Å². The number of likely N-dealkylation sites (tertiary alicyclic amines) is 1. The summed E-state index contributed by atoms with van der Waals surface area (Å²) in [5.41, 5.74) is 3.19. The highest BCUT2D eigenvalue weighted by Crippen LogP contribution is 2.40. The van der Waals surface area contributed by atoms with E-state index in [1.165, 1.54) is 0 Å². The number of fused-ring (bicyclic) bond motifs is 4. The molecule has 2 amide bonds. The van der Waals surface area contributed by atoms with Crippen LogP contribution in [-0.4, -0.2) is 34.6 Å². The summed E-state index contributed by atoms with van der Waals surface area (Å²) in [4.78, 5) is 27.0. The third-order valence-electron chi connectivity index (χ3n) is 5.44. The molecule has 1 N–H and O–H groups in total. The third kappa shape index (κ3) is 3.48. The van der Waals surface area contributed by atoms with E-state index in [1.54, 1.807) is 6.07 Å². The summed E-state index contributed by atoms with van der Waals surface area (Å²) in [7, 11) is 0. The van der Waals surface area contributed by atoms with Crippen molar-refractivity contribution in [2.24, 2.45) is 5.92 Å². The summed E-state index contributed by atoms with van der Waals surface area (Å²) in [6.07, 6.45) is 1.01. The van der Waals surface area contributed by atoms with Crippen molar-refractivity contribution in [3.8, 4) is 11.1 Å². The van der Waals surface area contributed by atoms with Crippen LogP contribution in [0.4, 0.5) is 4.79 Å².